The molecule has 0 saturated carbocycles. The highest BCUT2D eigenvalue weighted by Crippen LogP contribution is 2.38. The molecule has 1 saturated heterocycles. The van der Waals surface area contributed by atoms with Crippen molar-refractivity contribution in [2.24, 2.45) is 4.99 Å². The Hall–Kier alpha value is -3.06. The number of carboxylic acids is 1. The van der Waals surface area contributed by atoms with Gasteiger partial charge in [0.25, 0.3) is 5.91 Å². The first kappa shape index (κ1) is 26.5. The third-order valence-corrected chi connectivity index (χ3v) is 6.54. The molecule has 1 aliphatic rings. The second kappa shape index (κ2) is 12.1. The van der Waals surface area contributed by atoms with E-state index < -0.39 is 11.9 Å². The minimum atomic E-state index is -1.02. The fraction of sp³-hybridized carbons (Fsp3) is 0.250. The topological polar surface area (TPSA) is 115 Å². The molecule has 9 nitrogen and oxygen atoms in total. The van der Waals surface area contributed by atoms with Crippen LogP contribution in [-0.2, 0) is 14.3 Å². The maximum absolute atomic E-state index is 13.0. The number of carbonyl (C=O) groups is 3. The lowest BCUT2D eigenvalue weighted by Crippen LogP contribution is -2.28. The number of thioether (sulfide) groups is 1. The highest BCUT2D eigenvalue weighted by molar-refractivity contribution is 14.1. The monoisotopic (exact) mass is 610 g/mol. The maximum Gasteiger partial charge on any atom is 0.344 e. The molecule has 0 atom stereocenters. The van der Waals surface area contributed by atoms with Gasteiger partial charge in [-0.25, -0.2) is 14.6 Å². The van der Waals surface area contributed by atoms with E-state index in [2.05, 4.69) is 27.6 Å². The molecule has 2 aromatic rings. The number of benzene rings is 2. The van der Waals surface area contributed by atoms with Crippen LogP contribution in [0.1, 0.15) is 29.8 Å². The first-order valence-electron chi connectivity index (χ1n) is 10.6. The van der Waals surface area contributed by atoms with Gasteiger partial charge < -0.3 is 19.3 Å². The number of carbonyl (C=O) groups excluding carboxylic acids is 2. The summed E-state index contributed by atoms with van der Waals surface area (Å²) in [5.74, 6) is -0.847. The lowest BCUT2D eigenvalue weighted by Gasteiger charge is -2.13. The number of amides is 1. The van der Waals surface area contributed by atoms with Crippen LogP contribution in [0.2, 0.25) is 0 Å². The summed E-state index contributed by atoms with van der Waals surface area (Å²) in [4.78, 5) is 42.3. The van der Waals surface area contributed by atoms with Crippen LogP contribution in [0.15, 0.2) is 46.3 Å². The van der Waals surface area contributed by atoms with Gasteiger partial charge in [-0.3, -0.25) is 9.69 Å². The predicted molar refractivity (Wildman–Crippen MR) is 141 cm³/mol. The molecule has 184 valence electrons. The van der Waals surface area contributed by atoms with Gasteiger partial charge in [0.1, 0.15) is 0 Å². The third-order valence-electron chi connectivity index (χ3n) is 4.73. The average molecular weight is 610 g/mol. The number of rotatable bonds is 9. The van der Waals surface area contributed by atoms with E-state index in [9.17, 15) is 14.4 Å². The summed E-state index contributed by atoms with van der Waals surface area (Å²) in [7, 11) is 1.49. The maximum atomic E-state index is 13.0. The van der Waals surface area contributed by atoms with Crippen LogP contribution in [0.25, 0.3) is 6.08 Å². The number of methoxy groups -OCH3 is 1. The number of nitrogens with zero attached hydrogens (tertiary/aromatic N) is 2. The number of amidine groups is 1. The van der Waals surface area contributed by atoms with E-state index >= 15 is 0 Å². The second-order valence-electron chi connectivity index (χ2n) is 7.03. The van der Waals surface area contributed by atoms with Crippen LogP contribution in [-0.4, -0.2) is 59.9 Å². The predicted octanol–water partition coefficient (Wildman–Crippen LogP) is 4.56. The zero-order valence-electron chi connectivity index (χ0n) is 19.2. The van der Waals surface area contributed by atoms with E-state index in [1.807, 2.05) is 13.0 Å². The number of hydrogen-bond acceptors (Lipinski definition) is 8. The van der Waals surface area contributed by atoms with Gasteiger partial charge in [0, 0.05) is 6.54 Å². The Bertz CT molecular complexity index is 1200. The van der Waals surface area contributed by atoms with Gasteiger partial charge in [0.15, 0.2) is 23.3 Å². The molecule has 0 spiro atoms. The third kappa shape index (κ3) is 6.54. The van der Waals surface area contributed by atoms with Crippen molar-refractivity contribution in [2.45, 2.75) is 13.8 Å². The number of hydrogen-bond donors (Lipinski definition) is 1. The van der Waals surface area contributed by atoms with Crippen molar-refractivity contribution in [3.8, 4) is 11.5 Å². The van der Waals surface area contributed by atoms with Crippen molar-refractivity contribution in [3.05, 3.63) is 56.0 Å². The summed E-state index contributed by atoms with van der Waals surface area (Å²) >= 11 is 3.31. The van der Waals surface area contributed by atoms with Gasteiger partial charge in [-0.05, 0) is 96.2 Å². The van der Waals surface area contributed by atoms with Crippen molar-refractivity contribution in [1.82, 2.24) is 4.90 Å². The molecule has 11 heteroatoms. The fourth-order valence-corrected chi connectivity index (χ4v) is 4.95. The number of carboxylic acid groups (broad SMARTS) is 1. The number of aromatic carboxylic acids is 1. The Morgan fingerprint density at radius 3 is 2.51 bits per heavy atom. The van der Waals surface area contributed by atoms with Gasteiger partial charge in [0.2, 0.25) is 0 Å². The van der Waals surface area contributed by atoms with Gasteiger partial charge in [0.05, 0.1) is 33.4 Å². The lowest BCUT2D eigenvalue weighted by atomic mass is 10.2. The first-order valence-corrected chi connectivity index (χ1v) is 12.5. The summed E-state index contributed by atoms with van der Waals surface area (Å²) in [6, 6.07) is 9.67. The molecule has 1 N–H and O–H groups in total. The Labute approximate surface area is 220 Å². The Morgan fingerprint density at radius 2 is 1.91 bits per heavy atom. The number of likely N-dealkylation sites (N-methyl/N-ethyl adjacent to an activating group) is 1. The molecule has 35 heavy (non-hydrogen) atoms. The summed E-state index contributed by atoms with van der Waals surface area (Å²) in [5, 5.41) is 9.56. The first-order chi connectivity index (χ1) is 16.8. The zero-order valence-corrected chi connectivity index (χ0v) is 22.2. The molecule has 1 fully saturated rings. The summed E-state index contributed by atoms with van der Waals surface area (Å²) in [6.45, 7) is 4.02. The molecule has 0 radical (unpaired) electrons. The quantitative estimate of drug-likeness (QED) is 0.250. The molecule has 1 amide bonds. The molecule has 0 unspecified atom stereocenters. The largest absolute Gasteiger partial charge is 0.493 e. The fourth-order valence-electron chi connectivity index (χ4n) is 3.11. The van der Waals surface area contributed by atoms with Crippen LogP contribution in [0.4, 0.5) is 5.69 Å². The zero-order chi connectivity index (χ0) is 25.5. The van der Waals surface area contributed by atoms with Crippen LogP contribution >= 0.6 is 34.4 Å². The van der Waals surface area contributed by atoms with Crippen LogP contribution in [0, 0.1) is 3.57 Å². The van der Waals surface area contributed by atoms with Gasteiger partial charge in [-0.1, -0.05) is 0 Å². The van der Waals surface area contributed by atoms with E-state index in [0.29, 0.717) is 42.9 Å². The van der Waals surface area contributed by atoms with Gasteiger partial charge in [-0.2, -0.15) is 0 Å². The van der Waals surface area contributed by atoms with E-state index in [1.165, 1.54) is 31.0 Å². The molecule has 2 aromatic carbocycles. The van der Waals surface area contributed by atoms with E-state index in [0.717, 1.165) is 0 Å². The smallest absolute Gasteiger partial charge is 0.344 e. The number of ether oxygens (including phenoxy) is 3. The van der Waals surface area contributed by atoms with Crippen LogP contribution in [0.5, 0.6) is 11.5 Å². The Morgan fingerprint density at radius 1 is 1.20 bits per heavy atom. The highest BCUT2D eigenvalue weighted by Gasteiger charge is 2.32. The van der Waals surface area contributed by atoms with E-state index in [4.69, 9.17) is 19.3 Å². The van der Waals surface area contributed by atoms with Crippen LogP contribution < -0.4 is 9.47 Å². The van der Waals surface area contributed by atoms with Crippen molar-refractivity contribution >= 4 is 69.1 Å². The molecule has 0 aromatic heterocycles. The second-order valence-corrected chi connectivity index (χ2v) is 9.21. The minimum Gasteiger partial charge on any atom is -0.493 e. The SMILES string of the molecule is CCOC(=O)COc1c(I)cc(/C=C2/SC(=Nc3ccc(C(=O)O)cc3)N(CC)C2=O)cc1OC. The molecule has 0 aliphatic carbocycles. The highest BCUT2D eigenvalue weighted by atomic mass is 127. The van der Waals surface area contributed by atoms with E-state index in [-0.39, 0.29) is 24.7 Å². The standard InChI is InChI=1S/C24H23IN2O7S/c1-4-27-22(29)19(35-24(27)26-16-8-6-15(7-9-16)23(30)31)12-14-10-17(25)21(18(11-14)32-3)34-13-20(28)33-5-2/h6-12H,4-5,13H2,1-3H3,(H,30,31)/b19-12+,26-24?. The Kier molecular flexibility index (Phi) is 9.15. The summed E-state index contributed by atoms with van der Waals surface area (Å²) < 4.78 is 16.6. The lowest BCUT2D eigenvalue weighted by molar-refractivity contribution is -0.145. The molecular formula is C24H23IN2O7S. The van der Waals surface area contributed by atoms with Gasteiger partial charge >= 0.3 is 11.9 Å². The van der Waals surface area contributed by atoms with Gasteiger partial charge in [-0.15, -0.1) is 0 Å². The van der Waals surface area contributed by atoms with Crippen LogP contribution in [0.3, 0.4) is 0 Å². The van der Waals surface area contributed by atoms with E-state index in [1.54, 1.807) is 36.1 Å². The average Bonchev–Trinajstić information content (AvgIpc) is 3.12. The van der Waals surface area contributed by atoms with Crippen molar-refractivity contribution in [3.63, 3.8) is 0 Å². The number of halogens is 1. The molecule has 3 rings (SSSR count). The number of aliphatic imine (C=N–C) groups is 1. The summed E-state index contributed by atoms with van der Waals surface area (Å²) in [6.07, 6.45) is 1.74. The van der Waals surface area contributed by atoms with Crippen molar-refractivity contribution in [1.29, 1.82) is 0 Å². The number of esters is 1. The summed E-state index contributed by atoms with van der Waals surface area (Å²) in [5.41, 5.74) is 1.42. The molecular weight excluding hydrogens is 587 g/mol. The molecule has 1 aliphatic heterocycles. The van der Waals surface area contributed by atoms with Crippen molar-refractivity contribution in [2.75, 3.05) is 26.9 Å². The minimum absolute atomic E-state index is 0.162. The Balaban J connectivity index is 1.86. The van der Waals surface area contributed by atoms with Crippen molar-refractivity contribution < 1.29 is 33.7 Å². The molecule has 1 heterocycles. The molecule has 0 bridgehead atoms. The normalized spacial score (nSPS) is 15.5.